The maximum Gasteiger partial charge on any atom is 0.310 e. The van der Waals surface area contributed by atoms with Crippen molar-refractivity contribution in [1.29, 1.82) is 0 Å². The lowest BCUT2D eigenvalue weighted by Crippen LogP contribution is -2.67. The van der Waals surface area contributed by atoms with Gasteiger partial charge in [-0.25, -0.2) is 0 Å². The molecule has 5 N–H and O–H groups in total. The average Bonchev–Trinajstić information content (AvgIpc) is 2.96. The Bertz CT molecular complexity index is 1140. The number of allylic oxidation sites excluding steroid dienone is 2. The number of hydrogen-bond donors (Lipinski definition) is 5. The molecule has 0 amide bonds. The molecule has 4 saturated carbocycles. The number of carboxylic acid groups (broad SMARTS) is 1. The standard InChI is InChI=1S/C35H56O8/c1-19-9-14-35(30(40)41)16-15-33(5)21(26(35)20(19)2)7-8-24-31(3)12-11-25(43-29-28(39)27(38)22(37)17-42-29)32(4,18-36)23(31)10-13-34(24,33)6/h7,19-20,22-29,36-39H,8-18H2,1-6H3,(H,40,41)/t19-,20+,22-,23-,24-,25+,26+,27+,28-,29+,31+,32+,33-,34-,35+/m1/s1. The van der Waals surface area contributed by atoms with Crippen molar-refractivity contribution in [2.45, 2.75) is 130 Å². The van der Waals surface area contributed by atoms with Crippen LogP contribution in [-0.4, -0.2) is 75.4 Å². The summed E-state index contributed by atoms with van der Waals surface area (Å²) < 4.78 is 12.0. The molecule has 0 aromatic rings. The summed E-state index contributed by atoms with van der Waals surface area (Å²) in [5.74, 6) is 0.904. The molecule has 15 atom stereocenters. The summed E-state index contributed by atoms with van der Waals surface area (Å²) in [5.41, 5.74) is 0.0965. The molecule has 1 aliphatic heterocycles. The molecule has 0 unspecified atom stereocenters. The Kier molecular flexibility index (Phi) is 7.79. The summed E-state index contributed by atoms with van der Waals surface area (Å²) in [5, 5.41) is 52.4. The van der Waals surface area contributed by atoms with E-state index in [1.165, 1.54) is 5.57 Å². The van der Waals surface area contributed by atoms with Crippen molar-refractivity contribution in [3.8, 4) is 0 Å². The first kappa shape index (κ1) is 31.9. The van der Waals surface area contributed by atoms with Crippen molar-refractivity contribution in [1.82, 2.24) is 0 Å². The van der Waals surface area contributed by atoms with Crippen LogP contribution < -0.4 is 0 Å². The second-order valence-electron chi connectivity index (χ2n) is 16.7. The molecular weight excluding hydrogens is 548 g/mol. The van der Waals surface area contributed by atoms with E-state index in [9.17, 15) is 30.3 Å². The van der Waals surface area contributed by atoms with E-state index >= 15 is 0 Å². The Labute approximate surface area is 257 Å². The molecule has 6 aliphatic rings. The minimum Gasteiger partial charge on any atom is -0.481 e. The summed E-state index contributed by atoms with van der Waals surface area (Å²) >= 11 is 0. The van der Waals surface area contributed by atoms with Crippen molar-refractivity contribution in [2.24, 2.45) is 56.7 Å². The van der Waals surface area contributed by atoms with Crippen LogP contribution in [0.15, 0.2) is 11.6 Å². The molecule has 5 fully saturated rings. The van der Waals surface area contributed by atoms with Gasteiger partial charge in [-0.05, 0) is 104 Å². The third kappa shape index (κ3) is 4.18. The molecule has 244 valence electrons. The van der Waals surface area contributed by atoms with E-state index in [-0.39, 0.29) is 47.4 Å². The van der Waals surface area contributed by atoms with E-state index in [0.717, 1.165) is 51.4 Å². The number of carbonyl (C=O) groups is 1. The smallest absolute Gasteiger partial charge is 0.310 e. The van der Waals surface area contributed by atoms with E-state index in [0.29, 0.717) is 24.2 Å². The molecule has 6 rings (SSSR count). The number of carboxylic acids is 1. The summed E-state index contributed by atoms with van der Waals surface area (Å²) in [4.78, 5) is 13.0. The number of hydrogen-bond acceptors (Lipinski definition) is 7. The molecular formula is C35H56O8. The monoisotopic (exact) mass is 604 g/mol. The fraction of sp³-hybridized carbons (Fsp3) is 0.914. The predicted molar refractivity (Wildman–Crippen MR) is 161 cm³/mol. The van der Waals surface area contributed by atoms with Gasteiger partial charge in [-0.15, -0.1) is 0 Å². The van der Waals surface area contributed by atoms with Crippen molar-refractivity contribution < 1.29 is 39.8 Å². The van der Waals surface area contributed by atoms with Gasteiger partial charge < -0.3 is 35.0 Å². The fourth-order valence-corrected chi connectivity index (χ4v) is 12.1. The Balaban J connectivity index is 1.33. The lowest BCUT2D eigenvalue weighted by molar-refractivity contribution is -0.312. The molecule has 5 aliphatic carbocycles. The van der Waals surface area contributed by atoms with Crippen LogP contribution >= 0.6 is 0 Å². The third-order valence-corrected chi connectivity index (χ3v) is 15.3. The van der Waals surface area contributed by atoms with Crippen molar-refractivity contribution >= 4 is 5.97 Å². The van der Waals surface area contributed by atoms with E-state index in [4.69, 9.17) is 9.47 Å². The van der Waals surface area contributed by atoms with Crippen LogP contribution in [0.3, 0.4) is 0 Å². The molecule has 0 radical (unpaired) electrons. The van der Waals surface area contributed by atoms with Crippen LogP contribution in [0, 0.1) is 56.7 Å². The van der Waals surface area contributed by atoms with Crippen LogP contribution in [0.25, 0.3) is 0 Å². The number of rotatable bonds is 4. The summed E-state index contributed by atoms with van der Waals surface area (Å²) in [6, 6.07) is 0. The van der Waals surface area contributed by atoms with Crippen LogP contribution in [0.4, 0.5) is 0 Å². The quantitative estimate of drug-likeness (QED) is 0.233. The molecule has 43 heavy (non-hydrogen) atoms. The van der Waals surface area contributed by atoms with Crippen molar-refractivity contribution in [2.75, 3.05) is 13.2 Å². The van der Waals surface area contributed by atoms with Gasteiger partial charge in [-0.3, -0.25) is 4.79 Å². The Morgan fingerprint density at radius 1 is 0.953 bits per heavy atom. The van der Waals surface area contributed by atoms with Gasteiger partial charge in [-0.2, -0.15) is 0 Å². The topological polar surface area (TPSA) is 137 Å². The fourth-order valence-electron chi connectivity index (χ4n) is 12.1. The minimum atomic E-state index is -1.36. The van der Waals surface area contributed by atoms with E-state index < -0.39 is 41.4 Å². The number of aliphatic hydroxyl groups excluding tert-OH is 4. The average molecular weight is 605 g/mol. The molecule has 0 aromatic carbocycles. The van der Waals surface area contributed by atoms with Crippen molar-refractivity contribution in [3.63, 3.8) is 0 Å². The highest BCUT2D eigenvalue weighted by molar-refractivity contribution is 5.76. The Hall–Kier alpha value is -1.03. The second-order valence-corrected chi connectivity index (χ2v) is 16.7. The van der Waals surface area contributed by atoms with E-state index in [1.54, 1.807) is 0 Å². The zero-order valence-electron chi connectivity index (χ0n) is 27.1. The third-order valence-electron chi connectivity index (χ3n) is 15.3. The van der Waals surface area contributed by atoms with Crippen LogP contribution in [0.5, 0.6) is 0 Å². The molecule has 1 saturated heterocycles. The normalized spacial score (nSPS) is 56.6. The number of aliphatic carboxylic acids is 1. The lowest BCUT2D eigenvalue weighted by atomic mass is 9.33. The molecule has 0 spiro atoms. The van der Waals surface area contributed by atoms with Gasteiger partial charge >= 0.3 is 5.97 Å². The van der Waals surface area contributed by atoms with Gasteiger partial charge in [0.25, 0.3) is 0 Å². The summed E-state index contributed by atoms with van der Waals surface area (Å²) in [6.07, 6.45) is 5.14. The van der Waals surface area contributed by atoms with Gasteiger partial charge in [0, 0.05) is 5.41 Å². The maximum absolute atomic E-state index is 13.0. The lowest BCUT2D eigenvalue weighted by Gasteiger charge is -2.71. The highest BCUT2D eigenvalue weighted by Gasteiger charge is 2.70. The SMILES string of the molecule is C[C@H]1[C@H](C)CC[C@]2(C(=O)O)CC[C@]3(C)C(=CC[C@@H]4[C@@]5(C)CC[C@H](O[C@@H]6OC[C@@H](O)[C@H](O)[C@H]6O)[C@@](C)(CO)[C@@H]5CC[C@]43C)[C@H]12. The van der Waals surface area contributed by atoms with Crippen LogP contribution in [-0.2, 0) is 14.3 Å². The summed E-state index contributed by atoms with van der Waals surface area (Å²) in [7, 11) is 0. The molecule has 0 aromatic heterocycles. The first-order chi connectivity index (χ1) is 20.1. The largest absolute Gasteiger partial charge is 0.481 e. The van der Waals surface area contributed by atoms with Crippen LogP contribution in [0.1, 0.15) is 99.3 Å². The molecule has 0 bridgehead atoms. The predicted octanol–water partition coefficient (Wildman–Crippen LogP) is 4.53. The van der Waals surface area contributed by atoms with Gasteiger partial charge in [0.1, 0.15) is 18.3 Å². The van der Waals surface area contributed by atoms with Crippen molar-refractivity contribution in [3.05, 3.63) is 11.6 Å². The van der Waals surface area contributed by atoms with E-state index in [2.05, 4.69) is 47.6 Å². The zero-order chi connectivity index (χ0) is 31.3. The van der Waals surface area contributed by atoms with Gasteiger partial charge in [0.15, 0.2) is 6.29 Å². The molecule has 8 nitrogen and oxygen atoms in total. The first-order valence-corrected chi connectivity index (χ1v) is 17.0. The number of fused-ring (bicyclic) bond motifs is 7. The number of aliphatic hydroxyl groups is 4. The first-order valence-electron chi connectivity index (χ1n) is 17.0. The second kappa shape index (κ2) is 10.5. The maximum atomic E-state index is 13.0. The highest BCUT2D eigenvalue weighted by Crippen LogP contribution is 2.76. The zero-order valence-corrected chi connectivity index (χ0v) is 27.1. The van der Waals surface area contributed by atoms with Gasteiger partial charge in [-0.1, -0.05) is 53.2 Å². The Morgan fingerprint density at radius 2 is 1.67 bits per heavy atom. The molecule has 1 heterocycles. The Morgan fingerprint density at radius 3 is 2.35 bits per heavy atom. The van der Waals surface area contributed by atoms with Gasteiger partial charge in [0.05, 0.1) is 24.7 Å². The van der Waals surface area contributed by atoms with E-state index in [1.807, 2.05) is 0 Å². The molecule has 8 heteroatoms. The highest BCUT2D eigenvalue weighted by atomic mass is 16.7. The van der Waals surface area contributed by atoms with Gasteiger partial charge in [0.2, 0.25) is 0 Å². The number of ether oxygens (including phenoxy) is 2. The summed E-state index contributed by atoms with van der Waals surface area (Å²) in [6.45, 7) is 13.9. The van der Waals surface area contributed by atoms with Crippen LogP contribution in [0.2, 0.25) is 0 Å². The minimum absolute atomic E-state index is 0.0143.